The number of halogens is 4. The van der Waals surface area contributed by atoms with Gasteiger partial charge in [0.05, 0.1) is 36.4 Å². The molecule has 1 heterocycles. The van der Waals surface area contributed by atoms with Crippen LogP contribution < -0.4 is 4.74 Å². The second-order valence-corrected chi connectivity index (χ2v) is 7.41. The van der Waals surface area contributed by atoms with Gasteiger partial charge in [-0.1, -0.05) is 6.07 Å². The van der Waals surface area contributed by atoms with Crippen LogP contribution >= 0.6 is 0 Å². The average Bonchev–Trinajstić information content (AvgIpc) is 3.02. The number of nitrogens with zero attached hydrogens (tertiary/aromatic N) is 2. The number of hydrogen-bond acceptors (Lipinski definition) is 4. The maximum absolute atomic E-state index is 14.4. The number of esters is 1. The first kappa shape index (κ1) is 23.6. The molecule has 1 aromatic heterocycles. The van der Waals surface area contributed by atoms with Gasteiger partial charge in [0.15, 0.2) is 0 Å². The van der Waals surface area contributed by atoms with Crippen molar-refractivity contribution in [1.29, 1.82) is 0 Å². The number of benzene rings is 2. The van der Waals surface area contributed by atoms with Gasteiger partial charge in [-0.25, -0.2) is 9.37 Å². The number of alkyl halides is 3. The predicted octanol–water partition coefficient (Wildman–Crippen LogP) is 5.58. The number of fused-ring (bicyclic) bond motifs is 1. The molecule has 5 nitrogen and oxygen atoms in total. The van der Waals surface area contributed by atoms with Crippen molar-refractivity contribution in [3.05, 3.63) is 58.7 Å². The van der Waals surface area contributed by atoms with Crippen LogP contribution in [0.15, 0.2) is 30.3 Å². The third kappa shape index (κ3) is 5.38. The van der Waals surface area contributed by atoms with Gasteiger partial charge in [-0.05, 0) is 51.0 Å². The summed E-state index contributed by atoms with van der Waals surface area (Å²) < 4.78 is 65.3. The van der Waals surface area contributed by atoms with Crippen LogP contribution in [0.4, 0.5) is 17.6 Å². The van der Waals surface area contributed by atoms with E-state index in [0.29, 0.717) is 48.3 Å². The van der Waals surface area contributed by atoms with Crippen LogP contribution in [0, 0.1) is 19.7 Å². The van der Waals surface area contributed by atoms with Crippen LogP contribution in [0.25, 0.3) is 11.0 Å². The Bertz CT molecular complexity index is 1120. The van der Waals surface area contributed by atoms with E-state index in [-0.39, 0.29) is 24.5 Å². The third-order valence-electron chi connectivity index (χ3n) is 5.02. The van der Waals surface area contributed by atoms with Crippen molar-refractivity contribution in [1.82, 2.24) is 9.55 Å². The maximum Gasteiger partial charge on any atom is 0.416 e. The Hall–Kier alpha value is -3.10. The van der Waals surface area contributed by atoms with Gasteiger partial charge in [-0.3, -0.25) is 4.79 Å². The first-order valence-electron chi connectivity index (χ1n) is 10.2. The molecule has 0 aliphatic rings. The van der Waals surface area contributed by atoms with E-state index >= 15 is 0 Å². The fourth-order valence-electron chi connectivity index (χ4n) is 3.42. The summed E-state index contributed by atoms with van der Waals surface area (Å²) in [5.74, 6) is -0.0473. The van der Waals surface area contributed by atoms with Gasteiger partial charge in [0, 0.05) is 18.1 Å². The fraction of sp³-hybridized carbons (Fsp3) is 0.391. The zero-order valence-corrected chi connectivity index (χ0v) is 18.1. The Labute approximate surface area is 183 Å². The molecule has 0 aliphatic heterocycles. The lowest BCUT2D eigenvalue weighted by atomic mass is 10.1. The molecule has 3 rings (SSSR count). The molecule has 0 radical (unpaired) electrons. The van der Waals surface area contributed by atoms with Crippen LogP contribution in [-0.2, 0) is 22.3 Å². The fourth-order valence-corrected chi connectivity index (χ4v) is 3.42. The minimum Gasteiger partial charge on any atom is -0.493 e. The summed E-state index contributed by atoms with van der Waals surface area (Å²) in [7, 11) is 0. The molecule has 0 N–H and O–H groups in total. The van der Waals surface area contributed by atoms with E-state index in [2.05, 4.69) is 4.98 Å². The summed E-state index contributed by atoms with van der Waals surface area (Å²) in [5.41, 5.74) is 1.33. The lowest BCUT2D eigenvalue weighted by Gasteiger charge is -2.12. The van der Waals surface area contributed by atoms with Crippen molar-refractivity contribution < 1.29 is 31.8 Å². The molecule has 2 aromatic carbocycles. The van der Waals surface area contributed by atoms with E-state index in [9.17, 15) is 22.4 Å². The van der Waals surface area contributed by atoms with E-state index in [4.69, 9.17) is 9.47 Å². The number of carbonyl (C=O) groups is 1. The molecular weight excluding hydrogens is 428 g/mol. The first-order valence-corrected chi connectivity index (χ1v) is 10.2. The molecule has 172 valence electrons. The van der Waals surface area contributed by atoms with Crippen molar-refractivity contribution >= 4 is 17.0 Å². The van der Waals surface area contributed by atoms with E-state index in [1.54, 1.807) is 24.5 Å². The standard InChI is InChI=1S/C23H24F4N2O3/c1-4-31-21(30)6-5-9-32-18-10-14(2)22-20(12-18)29(15(3)28-22)13-16-7-8-17(11-19(16)24)23(25,26)27/h7-8,10-12H,4-6,9,13H2,1-3H3. The van der Waals surface area contributed by atoms with Crippen molar-refractivity contribution in [2.75, 3.05) is 13.2 Å². The Morgan fingerprint density at radius 2 is 1.91 bits per heavy atom. The Morgan fingerprint density at radius 3 is 2.56 bits per heavy atom. The first-order chi connectivity index (χ1) is 15.1. The molecule has 0 amide bonds. The molecule has 0 unspecified atom stereocenters. The molecule has 0 spiro atoms. The Kier molecular flexibility index (Phi) is 7.06. The number of aryl methyl sites for hydroxylation is 2. The van der Waals surface area contributed by atoms with Gasteiger partial charge in [-0.2, -0.15) is 13.2 Å². The van der Waals surface area contributed by atoms with Crippen LogP contribution in [0.3, 0.4) is 0 Å². The van der Waals surface area contributed by atoms with E-state index in [1.165, 1.54) is 0 Å². The van der Waals surface area contributed by atoms with E-state index in [1.807, 2.05) is 13.0 Å². The lowest BCUT2D eigenvalue weighted by molar-refractivity contribution is -0.143. The summed E-state index contributed by atoms with van der Waals surface area (Å²) in [6, 6.07) is 6.10. The topological polar surface area (TPSA) is 53.4 Å². The molecule has 0 aliphatic carbocycles. The minimum absolute atomic E-state index is 0.0258. The molecule has 3 aromatic rings. The summed E-state index contributed by atoms with van der Waals surface area (Å²) in [5, 5.41) is 0. The number of aromatic nitrogens is 2. The molecule has 9 heteroatoms. The zero-order valence-electron chi connectivity index (χ0n) is 18.1. The van der Waals surface area contributed by atoms with Gasteiger partial charge in [-0.15, -0.1) is 0 Å². The molecule has 0 bridgehead atoms. The highest BCUT2D eigenvalue weighted by Gasteiger charge is 2.31. The number of ether oxygens (including phenoxy) is 2. The van der Waals surface area contributed by atoms with E-state index < -0.39 is 17.6 Å². The average molecular weight is 452 g/mol. The van der Waals surface area contributed by atoms with Gasteiger partial charge in [0.2, 0.25) is 0 Å². The molecule has 0 fully saturated rings. The van der Waals surface area contributed by atoms with Crippen molar-refractivity contribution in [2.24, 2.45) is 0 Å². The quantitative estimate of drug-likeness (QED) is 0.254. The Balaban J connectivity index is 1.82. The highest BCUT2D eigenvalue weighted by atomic mass is 19.4. The number of rotatable bonds is 8. The second-order valence-electron chi connectivity index (χ2n) is 7.41. The SMILES string of the molecule is CCOC(=O)CCCOc1cc(C)c2nc(C)n(Cc3ccc(C(F)(F)F)cc3F)c2c1. The van der Waals surface area contributed by atoms with E-state index in [0.717, 1.165) is 17.7 Å². The summed E-state index contributed by atoms with van der Waals surface area (Å²) in [6.07, 6.45) is -3.86. The number of carbonyl (C=O) groups excluding carboxylic acids is 1. The molecule has 32 heavy (non-hydrogen) atoms. The highest BCUT2D eigenvalue weighted by Crippen LogP contribution is 2.31. The van der Waals surface area contributed by atoms with Gasteiger partial charge in [0.25, 0.3) is 0 Å². The second kappa shape index (κ2) is 9.58. The van der Waals surface area contributed by atoms with Crippen molar-refractivity contribution in [3.8, 4) is 5.75 Å². The summed E-state index contributed by atoms with van der Waals surface area (Å²) in [4.78, 5) is 15.9. The van der Waals surface area contributed by atoms with Gasteiger partial charge in [0.1, 0.15) is 17.4 Å². The molecule has 0 saturated carbocycles. The third-order valence-corrected chi connectivity index (χ3v) is 5.02. The number of imidazole rings is 1. The molecule has 0 saturated heterocycles. The largest absolute Gasteiger partial charge is 0.493 e. The predicted molar refractivity (Wildman–Crippen MR) is 111 cm³/mol. The van der Waals surface area contributed by atoms with Crippen molar-refractivity contribution in [2.45, 2.75) is 46.3 Å². The minimum atomic E-state index is -4.60. The summed E-state index contributed by atoms with van der Waals surface area (Å²) >= 11 is 0. The molecule has 0 atom stereocenters. The lowest BCUT2D eigenvalue weighted by Crippen LogP contribution is -2.09. The monoisotopic (exact) mass is 452 g/mol. The molecular formula is C23H24F4N2O3. The van der Waals surface area contributed by atoms with Crippen LogP contribution in [0.5, 0.6) is 5.75 Å². The highest BCUT2D eigenvalue weighted by molar-refractivity contribution is 5.81. The summed E-state index contributed by atoms with van der Waals surface area (Å²) in [6.45, 7) is 6.03. The smallest absolute Gasteiger partial charge is 0.416 e. The van der Waals surface area contributed by atoms with Crippen LogP contribution in [0.1, 0.15) is 42.3 Å². The van der Waals surface area contributed by atoms with Gasteiger partial charge < -0.3 is 14.0 Å². The Morgan fingerprint density at radius 1 is 1.16 bits per heavy atom. The normalized spacial score (nSPS) is 11.7. The van der Waals surface area contributed by atoms with Crippen molar-refractivity contribution in [3.63, 3.8) is 0 Å². The number of hydrogen-bond donors (Lipinski definition) is 0. The zero-order chi connectivity index (χ0) is 23.5. The van der Waals surface area contributed by atoms with Crippen LogP contribution in [0.2, 0.25) is 0 Å². The van der Waals surface area contributed by atoms with Gasteiger partial charge >= 0.3 is 12.1 Å². The van der Waals surface area contributed by atoms with Crippen LogP contribution in [-0.4, -0.2) is 28.7 Å². The maximum atomic E-state index is 14.4.